The second-order valence-electron chi connectivity index (χ2n) is 6.06. The molecule has 0 atom stereocenters. The van der Waals surface area contributed by atoms with Crippen LogP contribution in [0.1, 0.15) is 49.7 Å². The van der Waals surface area contributed by atoms with E-state index < -0.39 is 0 Å². The minimum Gasteiger partial charge on any atom is -0.354 e. The van der Waals surface area contributed by atoms with Crippen molar-refractivity contribution < 1.29 is 4.79 Å². The first kappa shape index (κ1) is 17.9. The van der Waals surface area contributed by atoms with Gasteiger partial charge in [0.15, 0.2) is 0 Å². The van der Waals surface area contributed by atoms with Crippen LogP contribution >= 0.6 is 0 Å². The Labute approximate surface area is 144 Å². The first-order valence-corrected chi connectivity index (χ1v) is 8.53. The Morgan fingerprint density at radius 3 is 2.62 bits per heavy atom. The SMILES string of the molecule is CCCCNc1nccc(C(=O)N(Cc2ccccc2)C(C)C)n1. The molecule has 1 amide bonds. The lowest BCUT2D eigenvalue weighted by molar-refractivity contribution is 0.0684. The van der Waals surface area contributed by atoms with E-state index in [1.54, 1.807) is 12.3 Å². The van der Waals surface area contributed by atoms with Gasteiger partial charge in [-0.25, -0.2) is 9.97 Å². The summed E-state index contributed by atoms with van der Waals surface area (Å²) in [5, 5.41) is 3.17. The average Bonchev–Trinajstić information content (AvgIpc) is 2.60. The molecule has 0 aliphatic rings. The van der Waals surface area contributed by atoms with Crippen molar-refractivity contribution in [3.8, 4) is 0 Å². The van der Waals surface area contributed by atoms with Gasteiger partial charge in [-0.3, -0.25) is 4.79 Å². The first-order chi connectivity index (χ1) is 11.6. The van der Waals surface area contributed by atoms with Crippen LogP contribution in [0.4, 0.5) is 5.95 Å². The highest BCUT2D eigenvalue weighted by Gasteiger charge is 2.20. The molecule has 24 heavy (non-hydrogen) atoms. The third kappa shape index (κ3) is 5.05. The molecular weight excluding hydrogens is 300 g/mol. The summed E-state index contributed by atoms with van der Waals surface area (Å²) < 4.78 is 0. The summed E-state index contributed by atoms with van der Waals surface area (Å²) in [7, 11) is 0. The first-order valence-electron chi connectivity index (χ1n) is 8.53. The molecule has 0 radical (unpaired) electrons. The fourth-order valence-corrected chi connectivity index (χ4v) is 2.36. The zero-order valence-electron chi connectivity index (χ0n) is 14.7. The van der Waals surface area contributed by atoms with Crippen molar-refractivity contribution >= 4 is 11.9 Å². The van der Waals surface area contributed by atoms with Crippen molar-refractivity contribution in [3.63, 3.8) is 0 Å². The van der Waals surface area contributed by atoms with Crippen LogP contribution in [0.25, 0.3) is 0 Å². The number of unbranched alkanes of at least 4 members (excludes halogenated alkanes) is 1. The van der Waals surface area contributed by atoms with Gasteiger partial charge in [0.25, 0.3) is 5.91 Å². The minimum absolute atomic E-state index is 0.0743. The van der Waals surface area contributed by atoms with Crippen LogP contribution in [-0.2, 0) is 6.54 Å². The number of hydrogen-bond donors (Lipinski definition) is 1. The van der Waals surface area contributed by atoms with Gasteiger partial charge in [-0.1, -0.05) is 43.7 Å². The molecule has 5 heteroatoms. The van der Waals surface area contributed by atoms with E-state index in [0.717, 1.165) is 24.9 Å². The minimum atomic E-state index is -0.0743. The van der Waals surface area contributed by atoms with Gasteiger partial charge in [0, 0.05) is 25.3 Å². The van der Waals surface area contributed by atoms with Crippen molar-refractivity contribution in [2.75, 3.05) is 11.9 Å². The molecule has 2 rings (SSSR count). The maximum Gasteiger partial charge on any atom is 0.273 e. The molecule has 0 fully saturated rings. The van der Waals surface area contributed by atoms with Crippen LogP contribution in [0, 0.1) is 0 Å². The van der Waals surface area contributed by atoms with Gasteiger partial charge in [0.1, 0.15) is 5.69 Å². The fraction of sp³-hybridized carbons (Fsp3) is 0.421. The summed E-state index contributed by atoms with van der Waals surface area (Å²) in [4.78, 5) is 23.3. The second kappa shape index (κ2) is 9.01. The molecule has 1 N–H and O–H groups in total. The van der Waals surface area contributed by atoms with Gasteiger partial charge in [0.2, 0.25) is 5.95 Å². The number of hydrogen-bond acceptors (Lipinski definition) is 4. The molecule has 1 aromatic heterocycles. The highest BCUT2D eigenvalue weighted by atomic mass is 16.2. The summed E-state index contributed by atoms with van der Waals surface area (Å²) in [6.07, 6.45) is 3.78. The molecule has 0 unspecified atom stereocenters. The number of anilines is 1. The van der Waals surface area contributed by atoms with Crippen molar-refractivity contribution in [3.05, 3.63) is 53.9 Å². The molecule has 1 aromatic carbocycles. The lowest BCUT2D eigenvalue weighted by Crippen LogP contribution is -2.37. The topological polar surface area (TPSA) is 58.1 Å². The van der Waals surface area contributed by atoms with Crippen LogP contribution in [-0.4, -0.2) is 33.4 Å². The number of benzene rings is 1. The lowest BCUT2D eigenvalue weighted by atomic mass is 10.1. The zero-order chi connectivity index (χ0) is 17.4. The Bertz CT molecular complexity index is 643. The summed E-state index contributed by atoms with van der Waals surface area (Å²) >= 11 is 0. The third-order valence-corrected chi connectivity index (χ3v) is 3.77. The van der Waals surface area contributed by atoms with E-state index in [-0.39, 0.29) is 11.9 Å². The van der Waals surface area contributed by atoms with Gasteiger partial charge in [-0.05, 0) is 31.9 Å². The molecule has 0 aliphatic carbocycles. The number of amides is 1. The van der Waals surface area contributed by atoms with Gasteiger partial charge in [-0.2, -0.15) is 0 Å². The molecular formula is C19H26N4O. The molecule has 1 heterocycles. The van der Waals surface area contributed by atoms with Crippen LogP contribution in [0.3, 0.4) is 0 Å². The Hall–Kier alpha value is -2.43. The molecule has 0 aliphatic heterocycles. The highest BCUT2D eigenvalue weighted by Crippen LogP contribution is 2.13. The average molecular weight is 326 g/mol. The molecule has 128 valence electrons. The Morgan fingerprint density at radius 2 is 1.96 bits per heavy atom. The van der Waals surface area contributed by atoms with E-state index in [4.69, 9.17) is 0 Å². The Kier molecular flexibility index (Phi) is 6.73. The van der Waals surface area contributed by atoms with Crippen molar-refractivity contribution in [2.24, 2.45) is 0 Å². The number of rotatable bonds is 8. The van der Waals surface area contributed by atoms with Crippen LogP contribution < -0.4 is 5.32 Å². The van der Waals surface area contributed by atoms with Gasteiger partial charge >= 0.3 is 0 Å². The van der Waals surface area contributed by atoms with Gasteiger partial charge in [-0.15, -0.1) is 0 Å². The van der Waals surface area contributed by atoms with Crippen LogP contribution in [0.2, 0.25) is 0 Å². The lowest BCUT2D eigenvalue weighted by Gasteiger charge is -2.26. The van der Waals surface area contributed by atoms with Gasteiger partial charge in [0.05, 0.1) is 0 Å². The summed E-state index contributed by atoms with van der Waals surface area (Å²) in [5.41, 5.74) is 1.53. The van der Waals surface area contributed by atoms with E-state index in [1.165, 1.54) is 0 Å². The van der Waals surface area contributed by atoms with E-state index in [1.807, 2.05) is 49.1 Å². The monoisotopic (exact) mass is 326 g/mol. The van der Waals surface area contributed by atoms with E-state index >= 15 is 0 Å². The number of nitrogens with zero attached hydrogens (tertiary/aromatic N) is 3. The molecule has 0 spiro atoms. The number of carbonyl (C=O) groups is 1. The maximum absolute atomic E-state index is 12.9. The zero-order valence-corrected chi connectivity index (χ0v) is 14.7. The predicted octanol–water partition coefficient (Wildman–Crippen LogP) is 3.74. The highest BCUT2D eigenvalue weighted by molar-refractivity contribution is 5.92. The molecule has 2 aromatic rings. The predicted molar refractivity (Wildman–Crippen MR) is 96.9 cm³/mol. The van der Waals surface area contributed by atoms with Crippen molar-refractivity contribution in [2.45, 2.75) is 46.2 Å². The van der Waals surface area contributed by atoms with Crippen LogP contribution in [0.5, 0.6) is 0 Å². The smallest absolute Gasteiger partial charge is 0.273 e. The van der Waals surface area contributed by atoms with E-state index in [9.17, 15) is 4.79 Å². The largest absolute Gasteiger partial charge is 0.354 e. The van der Waals surface area contributed by atoms with E-state index in [2.05, 4.69) is 22.2 Å². The molecule has 5 nitrogen and oxygen atoms in total. The summed E-state index contributed by atoms with van der Waals surface area (Å²) in [6, 6.07) is 11.8. The summed E-state index contributed by atoms with van der Waals surface area (Å²) in [5.74, 6) is 0.438. The summed E-state index contributed by atoms with van der Waals surface area (Å²) in [6.45, 7) is 7.55. The maximum atomic E-state index is 12.9. The van der Waals surface area contributed by atoms with E-state index in [0.29, 0.717) is 18.2 Å². The quantitative estimate of drug-likeness (QED) is 0.751. The fourth-order valence-electron chi connectivity index (χ4n) is 2.36. The second-order valence-corrected chi connectivity index (χ2v) is 6.06. The van der Waals surface area contributed by atoms with Crippen molar-refractivity contribution in [1.82, 2.24) is 14.9 Å². The van der Waals surface area contributed by atoms with Crippen molar-refractivity contribution in [1.29, 1.82) is 0 Å². The Morgan fingerprint density at radius 1 is 1.21 bits per heavy atom. The Balaban J connectivity index is 2.13. The standard InChI is InChI=1S/C19H26N4O/c1-4-5-12-20-19-21-13-11-17(22-19)18(24)23(15(2)3)14-16-9-7-6-8-10-16/h6-11,13,15H,4-5,12,14H2,1-3H3,(H,20,21,22). The molecule has 0 saturated heterocycles. The molecule has 0 bridgehead atoms. The van der Waals surface area contributed by atoms with Gasteiger partial charge < -0.3 is 10.2 Å². The number of aromatic nitrogens is 2. The number of nitrogens with one attached hydrogen (secondary N) is 1. The number of carbonyl (C=O) groups excluding carboxylic acids is 1. The third-order valence-electron chi connectivity index (χ3n) is 3.77. The van der Waals surface area contributed by atoms with Crippen LogP contribution in [0.15, 0.2) is 42.6 Å². The molecule has 0 saturated carbocycles. The normalized spacial score (nSPS) is 10.7.